The second-order valence-corrected chi connectivity index (χ2v) is 3.70. The van der Waals surface area contributed by atoms with Gasteiger partial charge in [0.25, 0.3) is 0 Å². The highest BCUT2D eigenvalue weighted by Crippen LogP contribution is 2.17. The average Bonchev–Trinajstić information content (AvgIpc) is 2.72. The number of nitrogens with one attached hydrogen (secondary N) is 1. The lowest BCUT2D eigenvalue weighted by Gasteiger charge is -2.11. The lowest BCUT2D eigenvalue weighted by molar-refractivity contribution is -0.149. The van der Waals surface area contributed by atoms with Gasteiger partial charge >= 0.3 is 5.97 Å². The second kappa shape index (κ2) is 4.97. The first-order valence-electron chi connectivity index (χ1n) is 5.47. The number of hydrogen-bond acceptors (Lipinski definition) is 3. The lowest BCUT2D eigenvalue weighted by atomic mass is 10.1. The first-order chi connectivity index (χ1) is 8.22. The number of aromatic nitrogens is 2. The molecular formula is C12H14N2O3. The van der Waals surface area contributed by atoms with Crippen molar-refractivity contribution in [1.82, 2.24) is 9.97 Å². The maximum Gasteiger partial charge on any atom is 0.333 e. The summed E-state index contributed by atoms with van der Waals surface area (Å²) in [7, 11) is 0. The molecule has 0 aliphatic rings. The Morgan fingerprint density at radius 1 is 1.65 bits per heavy atom. The third kappa shape index (κ3) is 2.45. The van der Waals surface area contributed by atoms with E-state index >= 15 is 0 Å². The first-order valence-corrected chi connectivity index (χ1v) is 5.47. The molecule has 0 saturated carbocycles. The molecule has 1 atom stereocenters. The van der Waals surface area contributed by atoms with Crippen LogP contribution in [0.1, 0.15) is 12.5 Å². The van der Waals surface area contributed by atoms with Gasteiger partial charge in [0, 0.05) is 25.4 Å². The van der Waals surface area contributed by atoms with Crippen LogP contribution < -0.4 is 0 Å². The third-order valence-electron chi connectivity index (χ3n) is 2.56. The maximum absolute atomic E-state index is 11.0. The van der Waals surface area contributed by atoms with Crippen LogP contribution in [-0.2, 0) is 16.0 Å². The summed E-state index contributed by atoms with van der Waals surface area (Å²) >= 11 is 0. The predicted octanol–water partition coefficient (Wildman–Crippen LogP) is 1.60. The zero-order chi connectivity index (χ0) is 12.3. The molecule has 2 aromatic heterocycles. The summed E-state index contributed by atoms with van der Waals surface area (Å²) in [5.74, 6) is -0.947. The molecule has 0 bridgehead atoms. The van der Waals surface area contributed by atoms with Crippen molar-refractivity contribution in [1.29, 1.82) is 0 Å². The Labute approximate surface area is 98.4 Å². The number of carboxylic acids is 1. The van der Waals surface area contributed by atoms with Crippen molar-refractivity contribution in [2.45, 2.75) is 19.4 Å². The maximum atomic E-state index is 11.0. The van der Waals surface area contributed by atoms with Crippen LogP contribution in [0.5, 0.6) is 0 Å². The fourth-order valence-electron chi connectivity index (χ4n) is 1.78. The van der Waals surface area contributed by atoms with Crippen molar-refractivity contribution in [2.75, 3.05) is 6.61 Å². The molecule has 2 aromatic rings. The zero-order valence-corrected chi connectivity index (χ0v) is 9.51. The van der Waals surface area contributed by atoms with E-state index in [2.05, 4.69) is 9.97 Å². The number of nitrogens with zero attached hydrogens (tertiary/aromatic N) is 1. The SMILES string of the molecule is CCO[C@@H](Cc1c[nH]c2cccnc12)C(=O)O. The molecule has 2 N–H and O–H groups in total. The van der Waals surface area contributed by atoms with Crippen molar-refractivity contribution in [3.63, 3.8) is 0 Å². The number of carboxylic acid groups (broad SMARTS) is 1. The summed E-state index contributed by atoms with van der Waals surface area (Å²) < 4.78 is 5.18. The number of aromatic amines is 1. The van der Waals surface area contributed by atoms with Crippen molar-refractivity contribution in [2.24, 2.45) is 0 Å². The van der Waals surface area contributed by atoms with E-state index < -0.39 is 12.1 Å². The Bertz CT molecular complexity index is 521. The molecule has 2 heterocycles. The number of pyridine rings is 1. The summed E-state index contributed by atoms with van der Waals surface area (Å²) in [6, 6.07) is 3.74. The van der Waals surface area contributed by atoms with E-state index in [9.17, 15) is 4.79 Å². The van der Waals surface area contributed by atoms with E-state index in [0.717, 1.165) is 16.6 Å². The van der Waals surface area contributed by atoms with Crippen LogP contribution in [0.2, 0.25) is 0 Å². The Morgan fingerprint density at radius 2 is 2.47 bits per heavy atom. The molecule has 0 spiro atoms. The number of hydrogen-bond donors (Lipinski definition) is 2. The molecule has 5 heteroatoms. The van der Waals surface area contributed by atoms with Crippen LogP contribution in [0.4, 0.5) is 0 Å². The molecular weight excluding hydrogens is 220 g/mol. The third-order valence-corrected chi connectivity index (χ3v) is 2.56. The molecule has 0 aliphatic carbocycles. The highest BCUT2D eigenvalue weighted by Gasteiger charge is 2.19. The fraction of sp³-hybridized carbons (Fsp3) is 0.333. The number of fused-ring (bicyclic) bond motifs is 1. The first kappa shape index (κ1) is 11.6. The smallest absolute Gasteiger partial charge is 0.333 e. The monoisotopic (exact) mass is 234 g/mol. The van der Waals surface area contributed by atoms with Gasteiger partial charge in [0.15, 0.2) is 6.10 Å². The number of H-pyrrole nitrogens is 1. The van der Waals surface area contributed by atoms with Crippen molar-refractivity contribution in [3.05, 3.63) is 30.1 Å². The molecule has 0 fully saturated rings. The van der Waals surface area contributed by atoms with Crippen LogP contribution in [0.25, 0.3) is 11.0 Å². The second-order valence-electron chi connectivity index (χ2n) is 3.70. The summed E-state index contributed by atoms with van der Waals surface area (Å²) in [6.45, 7) is 2.16. The van der Waals surface area contributed by atoms with Crippen molar-refractivity contribution < 1.29 is 14.6 Å². The summed E-state index contributed by atoms with van der Waals surface area (Å²) in [6.07, 6.45) is 2.98. The van der Waals surface area contributed by atoms with Gasteiger partial charge in [-0.25, -0.2) is 4.79 Å². The highest BCUT2D eigenvalue weighted by molar-refractivity contribution is 5.80. The summed E-state index contributed by atoms with van der Waals surface area (Å²) in [4.78, 5) is 18.3. The predicted molar refractivity (Wildman–Crippen MR) is 62.8 cm³/mol. The number of ether oxygens (including phenoxy) is 1. The number of carbonyl (C=O) groups is 1. The van der Waals surface area contributed by atoms with Gasteiger partial charge in [0.2, 0.25) is 0 Å². The van der Waals surface area contributed by atoms with Crippen molar-refractivity contribution in [3.8, 4) is 0 Å². The molecule has 90 valence electrons. The van der Waals surface area contributed by atoms with Crippen LogP contribution in [0, 0.1) is 0 Å². The minimum atomic E-state index is -0.947. The summed E-state index contributed by atoms with van der Waals surface area (Å²) in [5, 5.41) is 9.02. The summed E-state index contributed by atoms with van der Waals surface area (Å²) in [5.41, 5.74) is 2.57. The van der Waals surface area contributed by atoms with Gasteiger partial charge in [-0.3, -0.25) is 4.98 Å². The average molecular weight is 234 g/mol. The molecule has 0 unspecified atom stereocenters. The topological polar surface area (TPSA) is 75.2 Å². The van der Waals surface area contributed by atoms with E-state index in [-0.39, 0.29) is 0 Å². The normalized spacial score (nSPS) is 12.8. The van der Waals surface area contributed by atoms with Crippen molar-refractivity contribution >= 4 is 17.0 Å². The molecule has 0 aliphatic heterocycles. The Balaban J connectivity index is 2.25. The highest BCUT2D eigenvalue weighted by atomic mass is 16.5. The molecule has 0 radical (unpaired) electrons. The molecule has 0 amide bonds. The molecule has 17 heavy (non-hydrogen) atoms. The van der Waals surface area contributed by atoms with E-state index in [0.29, 0.717) is 13.0 Å². The zero-order valence-electron chi connectivity index (χ0n) is 9.51. The van der Waals surface area contributed by atoms with Crippen LogP contribution in [0.3, 0.4) is 0 Å². The lowest BCUT2D eigenvalue weighted by Crippen LogP contribution is -2.26. The minimum absolute atomic E-state index is 0.320. The minimum Gasteiger partial charge on any atom is -0.479 e. The molecule has 5 nitrogen and oxygen atoms in total. The standard InChI is InChI=1S/C12H14N2O3/c1-2-17-10(12(15)16)6-8-7-14-9-4-3-5-13-11(8)9/h3-5,7,10,14H,2,6H2,1H3,(H,15,16)/t10-/m0/s1. The Morgan fingerprint density at radius 3 is 3.18 bits per heavy atom. The van der Waals surface area contributed by atoms with Gasteiger partial charge in [-0.15, -0.1) is 0 Å². The van der Waals surface area contributed by atoms with E-state index in [1.54, 1.807) is 19.3 Å². The van der Waals surface area contributed by atoms with Crippen LogP contribution in [-0.4, -0.2) is 33.8 Å². The van der Waals surface area contributed by atoms with Gasteiger partial charge in [-0.1, -0.05) is 0 Å². The van der Waals surface area contributed by atoms with E-state index in [4.69, 9.17) is 9.84 Å². The van der Waals surface area contributed by atoms with E-state index in [1.165, 1.54) is 0 Å². The Kier molecular flexibility index (Phi) is 3.39. The van der Waals surface area contributed by atoms with Gasteiger partial charge in [0.05, 0.1) is 11.0 Å². The molecule has 0 saturated heterocycles. The molecule has 2 rings (SSSR count). The Hall–Kier alpha value is -1.88. The van der Waals surface area contributed by atoms with Crippen LogP contribution in [0.15, 0.2) is 24.5 Å². The van der Waals surface area contributed by atoms with Gasteiger partial charge in [-0.2, -0.15) is 0 Å². The quantitative estimate of drug-likeness (QED) is 0.823. The fourth-order valence-corrected chi connectivity index (χ4v) is 1.78. The van der Waals surface area contributed by atoms with E-state index in [1.807, 2.05) is 12.1 Å². The largest absolute Gasteiger partial charge is 0.479 e. The van der Waals surface area contributed by atoms with Gasteiger partial charge < -0.3 is 14.8 Å². The van der Waals surface area contributed by atoms with Gasteiger partial charge in [0.1, 0.15) is 0 Å². The number of aliphatic carboxylic acids is 1. The molecule has 0 aromatic carbocycles. The van der Waals surface area contributed by atoms with Crippen LogP contribution >= 0.6 is 0 Å². The number of rotatable bonds is 5. The van der Waals surface area contributed by atoms with Gasteiger partial charge in [-0.05, 0) is 24.6 Å².